The molecule has 3 N–H and O–H groups in total. The van der Waals surface area contributed by atoms with Gasteiger partial charge in [-0.05, 0) is 24.6 Å². The Balaban J connectivity index is 2.65. The molecule has 0 saturated carbocycles. The van der Waals surface area contributed by atoms with Crippen LogP contribution in [-0.4, -0.2) is 19.6 Å². The molecule has 0 heterocycles. The van der Waals surface area contributed by atoms with Crippen molar-refractivity contribution in [3.63, 3.8) is 0 Å². The van der Waals surface area contributed by atoms with Crippen molar-refractivity contribution in [1.82, 2.24) is 0 Å². The van der Waals surface area contributed by atoms with Gasteiger partial charge < -0.3 is 15.8 Å². The summed E-state index contributed by atoms with van der Waals surface area (Å²) in [5.41, 5.74) is 6.13. The van der Waals surface area contributed by atoms with Crippen molar-refractivity contribution in [3.8, 4) is 5.75 Å². The lowest BCUT2D eigenvalue weighted by molar-refractivity contribution is -0.116. The van der Waals surface area contributed by atoms with Crippen LogP contribution in [0, 0.1) is 5.92 Å². The maximum Gasteiger partial charge on any atom is 0.224 e. The number of methoxy groups -OCH3 is 1. The number of hydrogen-bond donors (Lipinski definition) is 2. The molecular formula is C12H17ClN2O2. The minimum absolute atomic E-state index is 0.0627. The number of nitrogens with two attached hydrogens (primary N) is 1. The Hall–Kier alpha value is -1.26. The molecule has 0 aliphatic rings. The van der Waals surface area contributed by atoms with E-state index < -0.39 is 0 Å². The normalized spacial score (nSPS) is 12.0. The number of anilines is 1. The molecule has 1 unspecified atom stereocenters. The minimum Gasteiger partial charge on any atom is -0.495 e. The maximum absolute atomic E-state index is 11.6. The van der Waals surface area contributed by atoms with Crippen molar-refractivity contribution >= 4 is 23.2 Å². The van der Waals surface area contributed by atoms with E-state index in [1.165, 1.54) is 7.11 Å². The van der Waals surface area contributed by atoms with E-state index >= 15 is 0 Å². The summed E-state index contributed by atoms with van der Waals surface area (Å²) in [5, 5.41) is 3.29. The molecule has 0 fully saturated rings. The van der Waals surface area contributed by atoms with Crippen LogP contribution in [0.4, 0.5) is 5.69 Å². The predicted molar refractivity (Wildman–Crippen MR) is 69.5 cm³/mol. The first-order chi connectivity index (χ1) is 8.06. The zero-order valence-corrected chi connectivity index (χ0v) is 10.8. The molecule has 94 valence electrons. The van der Waals surface area contributed by atoms with Gasteiger partial charge in [0.25, 0.3) is 0 Å². The van der Waals surface area contributed by atoms with E-state index in [1.807, 2.05) is 6.92 Å². The highest BCUT2D eigenvalue weighted by Gasteiger charge is 2.09. The standard InChI is InChI=1S/C12H17ClN2O2/c1-8(7-14)5-12(16)15-9-3-4-10(13)11(6-9)17-2/h3-4,6,8H,5,7,14H2,1-2H3,(H,15,16). The van der Waals surface area contributed by atoms with Crippen molar-refractivity contribution in [2.45, 2.75) is 13.3 Å². The van der Waals surface area contributed by atoms with Gasteiger partial charge in [0.2, 0.25) is 5.91 Å². The second-order valence-electron chi connectivity index (χ2n) is 3.94. The van der Waals surface area contributed by atoms with Gasteiger partial charge in [-0.2, -0.15) is 0 Å². The quantitative estimate of drug-likeness (QED) is 0.849. The monoisotopic (exact) mass is 256 g/mol. The zero-order valence-electron chi connectivity index (χ0n) is 10.00. The van der Waals surface area contributed by atoms with E-state index in [0.29, 0.717) is 29.4 Å². The number of benzene rings is 1. The minimum atomic E-state index is -0.0627. The van der Waals surface area contributed by atoms with Gasteiger partial charge in [0.1, 0.15) is 5.75 Å². The number of carbonyl (C=O) groups is 1. The molecule has 0 bridgehead atoms. The van der Waals surface area contributed by atoms with E-state index in [0.717, 1.165) is 0 Å². The molecule has 1 rings (SSSR count). The fourth-order valence-electron chi connectivity index (χ4n) is 1.35. The van der Waals surface area contributed by atoms with Crippen LogP contribution in [0.5, 0.6) is 5.75 Å². The molecule has 0 aliphatic carbocycles. The van der Waals surface area contributed by atoms with Crippen LogP contribution in [0.25, 0.3) is 0 Å². The number of carbonyl (C=O) groups excluding carboxylic acids is 1. The highest BCUT2D eigenvalue weighted by Crippen LogP contribution is 2.27. The van der Waals surface area contributed by atoms with Crippen LogP contribution in [0.1, 0.15) is 13.3 Å². The lowest BCUT2D eigenvalue weighted by atomic mass is 10.1. The van der Waals surface area contributed by atoms with Crippen LogP contribution < -0.4 is 15.8 Å². The Morgan fingerprint density at radius 1 is 1.59 bits per heavy atom. The van der Waals surface area contributed by atoms with Crippen molar-refractivity contribution in [3.05, 3.63) is 23.2 Å². The van der Waals surface area contributed by atoms with Crippen molar-refractivity contribution < 1.29 is 9.53 Å². The third kappa shape index (κ3) is 4.24. The third-order valence-electron chi connectivity index (χ3n) is 2.37. The summed E-state index contributed by atoms with van der Waals surface area (Å²) in [6.45, 7) is 2.43. The smallest absolute Gasteiger partial charge is 0.224 e. The summed E-state index contributed by atoms with van der Waals surface area (Å²) >= 11 is 5.89. The van der Waals surface area contributed by atoms with E-state index in [9.17, 15) is 4.79 Å². The molecule has 5 heteroatoms. The lowest BCUT2D eigenvalue weighted by Gasteiger charge is -2.10. The highest BCUT2D eigenvalue weighted by molar-refractivity contribution is 6.32. The first-order valence-electron chi connectivity index (χ1n) is 5.40. The molecular weight excluding hydrogens is 240 g/mol. The second-order valence-corrected chi connectivity index (χ2v) is 4.35. The van der Waals surface area contributed by atoms with E-state index in [1.54, 1.807) is 18.2 Å². The number of ether oxygens (including phenoxy) is 1. The number of halogens is 1. The Morgan fingerprint density at radius 2 is 2.29 bits per heavy atom. The largest absolute Gasteiger partial charge is 0.495 e. The zero-order chi connectivity index (χ0) is 12.8. The Labute approximate surface area is 106 Å². The predicted octanol–water partition coefficient (Wildman–Crippen LogP) is 2.27. The molecule has 0 aromatic heterocycles. The highest BCUT2D eigenvalue weighted by atomic mass is 35.5. The van der Waals surface area contributed by atoms with Crippen LogP contribution >= 0.6 is 11.6 Å². The topological polar surface area (TPSA) is 64.3 Å². The summed E-state index contributed by atoms with van der Waals surface area (Å²) in [4.78, 5) is 11.6. The molecule has 0 aliphatic heterocycles. The molecule has 0 radical (unpaired) electrons. The molecule has 1 amide bonds. The number of amides is 1. The van der Waals surface area contributed by atoms with E-state index in [4.69, 9.17) is 22.1 Å². The van der Waals surface area contributed by atoms with Gasteiger partial charge in [-0.1, -0.05) is 18.5 Å². The molecule has 17 heavy (non-hydrogen) atoms. The van der Waals surface area contributed by atoms with Crippen molar-refractivity contribution in [2.75, 3.05) is 19.0 Å². The van der Waals surface area contributed by atoms with E-state index in [-0.39, 0.29) is 11.8 Å². The molecule has 0 spiro atoms. The fourth-order valence-corrected chi connectivity index (χ4v) is 1.54. The summed E-state index contributed by atoms with van der Waals surface area (Å²) in [6, 6.07) is 5.10. The molecule has 0 saturated heterocycles. The summed E-state index contributed by atoms with van der Waals surface area (Å²) in [6.07, 6.45) is 0.404. The van der Waals surface area contributed by atoms with Gasteiger partial charge in [-0.25, -0.2) is 0 Å². The Bertz CT molecular complexity index is 396. The summed E-state index contributed by atoms with van der Waals surface area (Å²) in [7, 11) is 1.53. The van der Waals surface area contributed by atoms with Crippen LogP contribution in [0.3, 0.4) is 0 Å². The van der Waals surface area contributed by atoms with Crippen molar-refractivity contribution in [2.24, 2.45) is 11.7 Å². The maximum atomic E-state index is 11.6. The average Bonchev–Trinajstić information content (AvgIpc) is 2.31. The van der Waals surface area contributed by atoms with Crippen LogP contribution in [-0.2, 0) is 4.79 Å². The molecule has 1 aromatic rings. The number of hydrogen-bond acceptors (Lipinski definition) is 3. The fraction of sp³-hybridized carbons (Fsp3) is 0.417. The number of nitrogens with one attached hydrogen (secondary N) is 1. The molecule has 4 nitrogen and oxygen atoms in total. The SMILES string of the molecule is COc1cc(NC(=O)CC(C)CN)ccc1Cl. The van der Waals surface area contributed by atoms with Crippen molar-refractivity contribution in [1.29, 1.82) is 0 Å². The van der Waals surface area contributed by atoms with Gasteiger partial charge in [-0.3, -0.25) is 4.79 Å². The lowest BCUT2D eigenvalue weighted by Crippen LogP contribution is -2.20. The molecule has 1 atom stereocenters. The van der Waals surface area contributed by atoms with Crippen LogP contribution in [0.15, 0.2) is 18.2 Å². The Kier molecular flexibility index (Phi) is 5.25. The molecule has 1 aromatic carbocycles. The first-order valence-corrected chi connectivity index (χ1v) is 5.78. The van der Waals surface area contributed by atoms with Gasteiger partial charge in [0, 0.05) is 18.2 Å². The Morgan fingerprint density at radius 3 is 2.88 bits per heavy atom. The second kappa shape index (κ2) is 6.47. The first kappa shape index (κ1) is 13.8. The average molecular weight is 257 g/mol. The third-order valence-corrected chi connectivity index (χ3v) is 2.68. The van der Waals surface area contributed by atoms with Gasteiger partial charge in [-0.15, -0.1) is 0 Å². The van der Waals surface area contributed by atoms with E-state index in [2.05, 4.69) is 5.32 Å². The van der Waals surface area contributed by atoms with Gasteiger partial charge in [0.15, 0.2) is 0 Å². The summed E-state index contributed by atoms with van der Waals surface area (Å²) < 4.78 is 5.07. The number of rotatable bonds is 5. The summed E-state index contributed by atoms with van der Waals surface area (Å²) in [5.74, 6) is 0.646. The van der Waals surface area contributed by atoms with Gasteiger partial charge >= 0.3 is 0 Å². The van der Waals surface area contributed by atoms with Crippen LogP contribution in [0.2, 0.25) is 5.02 Å². The van der Waals surface area contributed by atoms with Gasteiger partial charge in [0.05, 0.1) is 12.1 Å².